The van der Waals surface area contributed by atoms with Gasteiger partial charge in [-0.2, -0.15) is 0 Å². The number of ether oxygens (including phenoxy) is 2. The van der Waals surface area contributed by atoms with Crippen LogP contribution < -0.4 is 5.32 Å². The van der Waals surface area contributed by atoms with E-state index in [4.69, 9.17) is 9.47 Å². The maximum Gasteiger partial charge on any atom is 0.408 e. The lowest BCUT2D eigenvalue weighted by atomic mass is 9.96. The molecule has 1 unspecified atom stereocenters. The summed E-state index contributed by atoms with van der Waals surface area (Å²) in [6, 6.07) is 8.09. The molecule has 0 aliphatic carbocycles. The predicted octanol–water partition coefficient (Wildman–Crippen LogP) is 6.62. The zero-order valence-electron chi connectivity index (χ0n) is 18.8. The fraction of sp³-hybridized carbons (Fsp3) is 0.583. The molecule has 0 saturated carbocycles. The van der Waals surface area contributed by atoms with Crippen LogP contribution in [0.3, 0.4) is 0 Å². The first kappa shape index (κ1) is 24.2. The second-order valence-corrected chi connectivity index (χ2v) is 9.85. The molecule has 0 saturated heterocycles. The van der Waals surface area contributed by atoms with Crippen molar-refractivity contribution in [2.75, 3.05) is 6.61 Å². The van der Waals surface area contributed by atoms with Crippen molar-refractivity contribution < 1.29 is 19.1 Å². The first-order chi connectivity index (χ1) is 14.2. The summed E-state index contributed by atoms with van der Waals surface area (Å²) in [6.07, 6.45) is 3.66. The minimum Gasteiger partial charge on any atom is -0.465 e. The number of hydrogen-bond donors (Lipinski definition) is 1. The Balaban J connectivity index is 2.03. The van der Waals surface area contributed by atoms with Crippen LogP contribution in [0.15, 0.2) is 29.6 Å². The van der Waals surface area contributed by atoms with Crippen molar-refractivity contribution in [2.24, 2.45) is 5.92 Å². The van der Waals surface area contributed by atoms with E-state index in [1.54, 1.807) is 11.3 Å². The second kappa shape index (κ2) is 11.3. The minimum absolute atomic E-state index is 0.0964. The lowest BCUT2D eigenvalue weighted by Crippen LogP contribution is -2.36. The molecular weight excluding hydrogens is 398 g/mol. The zero-order chi connectivity index (χ0) is 22.1. The van der Waals surface area contributed by atoms with Gasteiger partial charge in [-0.15, -0.1) is 11.3 Å². The molecule has 2 atom stereocenters. The van der Waals surface area contributed by atoms with E-state index in [2.05, 4.69) is 35.8 Å². The molecule has 0 bridgehead atoms. The van der Waals surface area contributed by atoms with Crippen molar-refractivity contribution in [3.63, 3.8) is 0 Å². The van der Waals surface area contributed by atoms with Crippen LogP contribution in [-0.4, -0.2) is 24.3 Å². The van der Waals surface area contributed by atoms with Crippen molar-refractivity contribution in [3.8, 4) is 0 Å². The van der Waals surface area contributed by atoms with E-state index in [-0.39, 0.29) is 17.9 Å². The van der Waals surface area contributed by atoms with E-state index >= 15 is 0 Å². The number of hydrogen-bond acceptors (Lipinski definition) is 5. The Bertz CT molecular complexity index is 824. The van der Waals surface area contributed by atoms with Gasteiger partial charge >= 0.3 is 12.1 Å². The van der Waals surface area contributed by atoms with Gasteiger partial charge in [-0.1, -0.05) is 38.8 Å². The minimum atomic E-state index is -0.564. The molecule has 1 amide bonds. The van der Waals surface area contributed by atoms with Crippen LogP contribution in [0.5, 0.6) is 0 Å². The maximum atomic E-state index is 12.4. The molecule has 1 aromatic heterocycles. The average molecular weight is 434 g/mol. The summed E-state index contributed by atoms with van der Waals surface area (Å²) in [5.74, 6) is -0.0500. The lowest BCUT2D eigenvalue weighted by molar-refractivity contribution is -0.145. The van der Waals surface area contributed by atoms with Crippen LogP contribution in [0.4, 0.5) is 4.79 Å². The Morgan fingerprint density at radius 2 is 1.93 bits per heavy atom. The third-order valence-electron chi connectivity index (χ3n) is 4.72. The topological polar surface area (TPSA) is 64.6 Å². The highest BCUT2D eigenvalue weighted by Gasteiger charge is 2.23. The summed E-state index contributed by atoms with van der Waals surface area (Å²) in [7, 11) is 0. The average Bonchev–Trinajstić information content (AvgIpc) is 3.12. The number of thiophene rings is 1. The fourth-order valence-electron chi connectivity index (χ4n) is 3.21. The molecule has 6 heteroatoms. The van der Waals surface area contributed by atoms with E-state index in [0.29, 0.717) is 19.4 Å². The number of rotatable bonds is 10. The summed E-state index contributed by atoms with van der Waals surface area (Å²) in [5.41, 5.74) is 0.461. The zero-order valence-corrected chi connectivity index (χ0v) is 19.6. The van der Waals surface area contributed by atoms with Gasteiger partial charge in [0.25, 0.3) is 0 Å². The highest BCUT2D eigenvalue weighted by molar-refractivity contribution is 7.17. The maximum absolute atomic E-state index is 12.4. The van der Waals surface area contributed by atoms with Crippen molar-refractivity contribution in [3.05, 3.63) is 35.2 Å². The molecule has 0 radical (unpaired) electrons. The van der Waals surface area contributed by atoms with Gasteiger partial charge in [0.15, 0.2) is 0 Å². The Morgan fingerprint density at radius 1 is 1.17 bits per heavy atom. The predicted molar refractivity (Wildman–Crippen MR) is 123 cm³/mol. The number of nitrogens with one attached hydrogen (secondary N) is 1. The highest BCUT2D eigenvalue weighted by Crippen LogP contribution is 2.28. The lowest BCUT2D eigenvalue weighted by Gasteiger charge is -2.26. The molecule has 1 heterocycles. The van der Waals surface area contributed by atoms with Crippen molar-refractivity contribution in [1.82, 2.24) is 5.32 Å². The standard InChI is InChI=1S/C24H35NO4S/c1-6-7-8-9-22(26)28-16-17(2)14-20(25-23(27)29-24(3,4)5)19-11-10-18-12-13-30-21(18)15-19/h10-13,15,17,20H,6-9,14,16H2,1-5H3,(H,25,27)/t17-,20?/m1/s1. The van der Waals surface area contributed by atoms with Crippen LogP contribution in [0, 0.1) is 5.92 Å². The van der Waals surface area contributed by atoms with Crippen LogP contribution in [-0.2, 0) is 14.3 Å². The van der Waals surface area contributed by atoms with Gasteiger partial charge in [-0.05, 0) is 68.0 Å². The van der Waals surface area contributed by atoms with E-state index in [1.165, 1.54) is 10.1 Å². The molecule has 0 aliphatic rings. The van der Waals surface area contributed by atoms with Crippen LogP contribution in [0.25, 0.3) is 10.1 Å². The third kappa shape index (κ3) is 8.34. The van der Waals surface area contributed by atoms with Gasteiger partial charge in [0.1, 0.15) is 5.60 Å². The third-order valence-corrected chi connectivity index (χ3v) is 5.60. The Morgan fingerprint density at radius 3 is 2.63 bits per heavy atom. The molecular formula is C24H35NO4S. The number of fused-ring (bicyclic) bond motifs is 1. The van der Waals surface area contributed by atoms with E-state index in [0.717, 1.165) is 24.8 Å². The molecule has 166 valence electrons. The number of benzene rings is 1. The Labute approximate surface area is 184 Å². The summed E-state index contributed by atoms with van der Waals surface area (Å²) in [4.78, 5) is 24.4. The first-order valence-electron chi connectivity index (χ1n) is 10.8. The molecule has 1 N–H and O–H groups in total. The van der Waals surface area contributed by atoms with Crippen molar-refractivity contribution in [1.29, 1.82) is 0 Å². The molecule has 5 nitrogen and oxygen atoms in total. The van der Waals surface area contributed by atoms with Crippen molar-refractivity contribution in [2.45, 2.75) is 78.4 Å². The summed E-state index contributed by atoms with van der Waals surface area (Å²) >= 11 is 1.68. The smallest absolute Gasteiger partial charge is 0.408 e. The molecule has 1 aromatic carbocycles. The number of carbonyl (C=O) groups is 2. The first-order valence-corrected chi connectivity index (χ1v) is 11.7. The number of esters is 1. The number of alkyl carbamates (subject to hydrolysis) is 1. The molecule has 2 aromatic rings. The van der Waals surface area contributed by atoms with Gasteiger partial charge < -0.3 is 14.8 Å². The summed E-state index contributed by atoms with van der Waals surface area (Å²) in [6.45, 7) is 10.0. The Hall–Kier alpha value is -2.08. The molecule has 2 rings (SSSR count). The normalized spacial score (nSPS) is 13.6. The molecule has 30 heavy (non-hydrogen) atoms. The Kier molecular flexibility index (Phi) is 9.15. The van der Waals surface area contributed by atoms with Crippen molar-refractivity contribution >= 4 is 33.5 Å². The number of unbranched alkanes of at least 4 members (excludes halogenated alkanes) is 2. The molecule has 0 spiro atoms. The summed E-state index contributed by atoms with van der Waals surface area (Å²) in [5, 5.41) is 6.26. The van der Waals surface area contributed by atoms with Crippen LogP contribution in [0.1, 0.15) is 78.3 Å². The van der Waals surface area contributed by atoms with Crippen LogP contribution >= 0.6 is 11.3 Å². The van der Waals surface area contributed by atoms with E-state index in [9.17, 15) is 9.59 Å². The highest BCUT2D eigenvalue weighted by atomic mass is 32.1. The van der Waals surface area contributed by atoms with Gasteiger partial charge in [0.2, 0.25) is 0 Å². The van der Waals surface area contributed by atoms with Gasteiger partial charge in [0, 0.05) is 11.1 Å². The van der Waals surface area contributed by atoms with Crippen LogP contribution in [0.2, 0.25) is 0 Å². The number of amides is 1. The second-order valence-electron chi connectivity index (χ2n) is 8.90. The van der Waals surface area contributed by atoms with E-state index in [1.807, 2.05) is 33.8 Å². The largest absolute Gasteiger partial charge is 0.465 e. The van der Waals surface area contributed by atoms with Gasteiger partial charge in [0.05, 0.1) is 12.6 Å². The number of carbonyl (C=O) groups excluding carboxylic acids is 2. The SMILES string of the molecule is CCCCCC(=O)OC[C@H](C)CC(NC(=O)OC(C)(C)C)c1ccc2ccsc2c1. The quantitative estimate of drug-likeness (QED) is 0.338. The van der Waals surface area contributed by atoms with Gasteiger partial charge in [-0.25, -0.2) is 4.79 Å². The molecule has 0 aliphatic heterocycles. The van der Waals surface area contributed by atoms with E-state index < -0.39 is 11.7 Å². The summed E-state index contributed by atoms with van der Waals surface area (Å²) < 4.78 is 12.1. The molecule has 0 fully saturated rings. The monoisotopic (exact) mass is 433 g/mol. The fourth-order valence-corrected chi connectivity index (χ4v) is 4.05. The van der Waals surface area contributed by atoms with Gasteiger partial charge in [-0.3, -0.25) is 4.79 Å².